The van der Waals surface area contributed by atoms with Crippen LogP contribution in [-0.4, -0.2) is 44.7 Å². The third-order valence-corrected chi connectivity index (χ3v) is 2.91. The number of carbonyl (C=O) groups is 2. The topological polar surface area (TPSA) is 79.5 Å². The molecule has 21 heavy (non-hydrogen) atoms. The highest BCUT2D eigenvalue weighted by Crippen LogP contribution is 2.14. The first-order valence-corrected chi connectivity index (χ1v) is 6.96. The summed E-state index contributed by atoms with van der Waals surface area (Å²) in [7, 11) is 1.56. The molecule has 116 valence electrons. The largest absolute Gasteiger partial charge is 0.383 e. The van der Waals surface area contributed by atoms with E-state index >= 15 is 0 Å². The fourth-order valence-electron chi connectivity index (χ4n) is 1.54. The molecule has 0 aliphatic rings. The summed E-state index contributed by atoms with van der Waals surface area (Å²) in [6.07, 6.45) is 0. The molecule has 0 heterocycles. The summed E-state index contributed by atoms with van der Waals surface area (Å²) in [4.78, 5) is 23.4. The normalized spacial score (nSPS) is 11.8. The summed E-state index contributed by atoms with van der Waals surface area (Å²) in [6.45, 7) is 2.62. The Labute approximate surface area is 129 Å². The minimum atomic E-state index is -0.466. The molecule has 0 spiro atoms. The number of nitrogens with one attached hydrogen (secondary N) is 3. The average molecular weight is 314 g/mol. The van der Waals surface area contributed by atoms with Gasteiger partial charge in [0.15, 0.2) is 0 Å². The zero-order valence-electron chi connectivity index (χ0n) is 12.1. The van der Waals surface area contributed by atoms with Crippen LogP contribution in [0.1, 0.15) is 6.92 Å². The predicted octanol–water partition coefficient (Wildman–Crippen LogP) is 1.02. The van der Waals surface area contributed by atoms with E-state index in [2.05, 4.69) is 16.0 Å². The van der Waals surface area contributed by atoms with Gasteiger partial charge in [0.05, 0.1) is 19.2 Å². The Hall–Kier alpha value is -1.63. The molecule has 0 bridgehead atoms. The summed E-state index contributed by atoms with van der Waals surface area (Å²) in [6, 6.07) is 6.40. The molecule has 3 N–H and O–H groups in total. The predicted molar refractivity (Wildman–Crippen MR) is 82.4 cm³/mol. The van der Waals surface area contributed by atoms with Crippen LogP contribution in [0, 0.1) is 0 Å². The van der Waals surface area contributed by atoms with Crippen molar-refractivity contribution in [1.29, 1.82) is 0 Å². The van der Waals surface area contributed by atoms with Crippen LogP contribution in [0.5, 0.6) is 0 Å². The summed E-state index contributed by atoms with van der Waals surface area (Å²) in [5, 5.41) is 8.77. The van der Waals surface area contributed by atoms with Crippen molar-refractivity contribution in [2.75, 3.05) is 32.1 Å². The molecular weight excluding hydrogens is 294 g/mol. The molecular formula is C14H20ClN3O3. The van der Waals surface area contributed by atoms with E-state index in [-0.39, 0.29) is 18.4 Å². The lowest BCUT2D eigenvalue weighted by Gasteiger charge is -2.14. The Morgan fingerprint density at radius 3 is 2.81 bits per heavy atom. The molecule has 1 rings (SSSR count). The average Bonchev–Trinajstić information content (AvgIpc) is 2.45. The second-order valence-corrected chi connectivity index (χ2v) is 4.88. The molecule has 1 aromatic rings. The van der Waals surface area contributed by atoms with Crippen molar-refractivity contribution in [2.45, 2.75) is 13.0 Å². The number of ether oxygens (including phenoxy) is 1. The minimum absolute atomic E-state index is 0.0331. The number of benzene rings is 1. The Morgan fingerprint density at radius 1 is 1.38 bits per heavy atom. The number of carbonyl (C=O) groups excluding carboxylic acids is 2. The van der Waals surface area contributed by atoms with Gasteiger partial charge in [0, 0.05) is 24.4 Å². The fraction of sp³-hybridized carbons (Fsp3) is 0.429. The standard InChI is InChI=1S/C14H20ClN3O3/c1-10(14(20)16-6-7-21-2)17-9-13(19)18-12-5-3-4-11(15)8-12/h3-5,8,10,17H,6-7,9H2,1-2H3,(H,16,20)(H,18,19). The maximum atomic E-state index is 11.7. The third kappa shape index (κ3) is 7.08. The quantitative estimate of drug-likeness (QED) is 0.626. The van der Waals surface area contributed by atoms with Crippen molar-refractivity contribution in [3.05, 3.63) is 29.3 Å². The molecule has 0 fully saturated rings. The van der Waals surface area contributed by atoms with Gasteiger partial charge in [0.2, 0.25) is 11.8 Å². The number of hydrogen-bond acceptors (Lipinski definition) is 4. The summed E-state index contributed by atoms with van der Waals surface area (Å²) in [5.74, 6) is -0.420. The minimum Gasteiger partial charge on any atom is -0.383 e. The highest BCUT2D eigenvalue weighted by molar-refractivity contribution is 6.30. The van der Waals surface area contributed by atoms with Gasteiger partial charge in [-0.3, -0.25) is 14.9 Å². The van der Waals surface area contributed by atoms with Gasteiger partial charge in [-0.05, 0) is 25.1 Å². The van der Waals surface area contributed by atoms with Crippen LogP contribution in [0.2, 0.25) is 5.02 Å². The number of amides is 2. The Morgan fingerprint density at radius 2 is 2.14 bits per heavy atom. The Balaban J connectivity index is 2.30. The summed E-state index contributed by atoms with van der Waals surface area (Å²) >= 11 is 5.83. The van der Waals surface area contributed by atoms with Crippen molar-refractivity contribution < 1.29 is 14.3 Å². The van der Waals surface area contributed by atoms with Gasteiger partial charge in [0.1, 0.15) is 0 Å². The van der Waals surface area contributed by atoms with E-state index in [1.54, 1.807) is 38.3 Å². The van der Waals surface area contributed by atoms with E-state index in [0.29, 0.717) is 23.9 Å². The molecule has 7 heteroatoms. The van der Waals surface area contributed by atoms with Gasteiger partial charge in [-0.15, -0.1) is 0 Å². The molecule has 0 saturated heterocycles. The molecule has 0 saturated carbocycles. The highest BCUT2D eigenvalue weighted by atomic mass is 35.5. The molecule has 1 aromatic carbocycles. The van der Waals surface area contributed by atoms with Crippen molar-refractivity contribution in [3.8, 4) is 0 Å². The molecule has 1 atom stereocenters. The molecule has 0 radical (unpaired) electrons. The van der Waals surface area contributed by atoms with Gasteiger partial charge in [-0.2, -0.15) is 0 Å². The first-order valence-electron chi connectivity index (χ1n) is 6.58. The Kier molecular flexibility index (Phi) is 7.74. The van der Waals surface area contributed by atoms with E-state index in [4.69, 9.17) is 16.3 Å². The Bertz CT molecular complexity index is 482. The van der Waals surface area contributed by atoms with Gasteiger partial charge < -0.3 is 15.4 Å². The van der Waals surface area contributed by atoms with Gasteiger partial charge >= 0.3 is 0 Å². The number of hydrogen-bond donors (Lipinski definition) is 3. The van der Waals surface area contributed by atoms with Crippen molar-refractivity contribution >= 4 is 29.1 Å². The van der Waals surface area contributed by atoms with Crippen LogP contribution in [0.15, 0.2) is 24.3 Å². The summed E-state index contributed by atoms with van der Waals surface area (Å²) in [5.41, 5.74) is 0.617. The van der Waals surface area contributed by atoms with Crippen LogP contribution in [0.25, 0.3) is 0 Å². The van der Waals surface area contributed by atoms with E-state index in [0.717, 1.165) is 0 Å². The van der Waals surface area contributed by atoms with Crippen molar-refractivity contribution in [1.82, 2.24) is 10.6 Å². The van der Waals surface area contributed by atoms with Crippen LogP contribution < -0.4 is 16.0 Å². The van der Waals surface area contributed by atoms with Gasteiger partial charge in [-0.25, -0.2) is 0 Å². The number of anilines is 1. The highest BCUT2D eigenvalue weighted by Gasteiger charge is 2.13. The zero-order chi connectivity index (χ0) is 15.7. The van der Waals surface area contributed by atoms with E-state index in [1.807, 2.05) is 0 Å². The monoisotopic (exact) mass is 313 g/mol. The van der Waals surface area contributed by atoms with E-state index in [9.17, 15) is 9.59 Å². The maximum Gasteiger partial charge on any atom is 0.238 e. The third-order valence-electron chi connectivity index (χ3n) is 2.68. The van der Waals surface area contributed by atoms with Crippen LogP contribution in [0.4, 0.5) is 5.69 Å². The molecule has 6 nitrogen and oxygen atoms in total. The van der Waals surface area contributed by atoms with Crippen molar-refractivity contribution in [3.63, 3.8) is 0 Å². The lowest BCUT2D eigenvalue weighted by atomic mass is 10.3. The zero-order valence-corrected chi connectivity index (χ0v) is 12.9. The first-order chi connectivity index (χ1) is 10.0. The lowest BCUT2D eigenvalue weighted by molar-refractivity contribution is -0.123. The fourth-order valence-corrected chi connectivity index (χ4v) is 1.73. The van der Waals surface area contributed by atoms with Crippen LogP contribution >= 0.6 is 11.6 Å². The molecule has 0 aliphatic carbocycles. The van der Waals surface area contributed by atoms with Gasteiger partial charge in [-0.1, -0.05) is 17.7 Å². The molecule has 0 aliphatic heterocycles. The van der Waals surface area contributed by atoms with E-state index in [1.165, 1.54) is 0 Å². The maximum absolute atomic E-state index is 11.7. The lowest BCUT2D eigenvalue weighted by Crippen LogP contribution is -2.45. The van der Waals surface area contributed by atoms with Crippen LogP contribution in [0.3, 0.4) is 0 Å². The number of methoxy groups -OCH3 is 1. The molecule has 0 aromatic heterocycles. The van der Waals surface area contributed by atoms with Crippen molar-refractivity contribution in [2.24, 2.45) is 0 Å². The second-order valence-electron chi connectivity index (χ2n) is 4.44. The second kappa shape index (κ2) is 9.33. The summed E-state index contributed by atoms with van der Waals surface area (Å²) < 4.78 is 4.84. The smallest absolute Gasteiger partial charge is 0.238 e. The first kappa shape index (κ1) is 17.4. The van der Waals surface area contributed by atoms with Crippen LogP contribution in [-0.2, 0) is 14.3 Å². The SMILES string of the molecule is COCCNC(=O)C(C)NCC(=O)Nc1cccc(Cl)c1. The van der Waals surface area contributed by atoms with Gasteiger partial charge in [0.25, 0.3) is 0 Å². The van der Waals surface area contributed by atoms with E-state index < -0.39 is 6.04 Å². The number of halogens is 1. The molecule has 1 unspecified atom stereocenters. The number of rotatable bonds is 8. The molecule has 2 amide bonds.